The molecule has 0 fully saturated rings. The molecule has 2 heterocycles. The van der Waals surface area contributed by atoms with Crippen LogP contribution in [0.2, 0.25) is 0 Å². The van der Waals surface area contributed by atoms with Gasteiger partial charge in [0.2, 0.25) is 11.8 Å². The van der Waals surface area contributed by atoms with Crippen molar-refractivity contribution in [3.63, 3.8) is 0 Å². The highest BCUT2D eigenvalue weighted by Crippen LogP contribution is 2.41. The molecule has 0 atom stereocenters. The standard InChI is InChI=1S/C19H21N3O2/c1-13-6-7-16-15(9-13)19(2,3)18(24)22(16)12-17(23)21-11-14-5-4-8-20-10-14/h4-10H,11-12H2,1-3H3,(H,21,23). The lowest BCUT2D eigenvalue weighted by Gasteiger charge is -2.20. The maximum absolute atomic E-state index is 12.7. The summed E-state index contributed by atoms with van der Waals surface area (Å²) in [5.74, 6) is -0.226. The van der Waals surface area contributed by atoms with Crippen LogP contribution in [0.5, 0.6) is 0 Å². The number of rotatable bonds is 4. The zero-order chi connectivity index (χ0) is 17.3. The number of anilines is 1. The minimum Gasteiger partial charge on any atom is -0.350 e. The van der Waals surface area contributed by atoms with Gasteiger partial charge in [-0.2, -0.15) is 0 Å². The number of nitrogens with one attached hydrogen (secondary N) is 1. The highest BCUT2D eigenvalue weighted by molar-refractivity contribution is 6.10. The Bertz CT molecular complexity index is 784. The number of benzene rings is 1. The summed E-state index contributed by atoms with van der Waals surface area (Å²) < 4.78 is 0. The van der Waals surface area contributed by atoms with Crippen LogP contribution in [-0.2, 0) is 21.5 Å². The van der Waals surface area contributed by atoms with Crippen LogP contribution >= 0.6 is 0 Å². The summed E-state index contributed by atoms with van der Waals surface area (Å²) in [5, 5.41) is 2.84. The molecule has 0 bridgehead atoms. The van der Waals surface area contributed by atoms with E-state index < -0.39 is 5.41 Å². The van der Waals surface area contributed by atoms with Gasteiger partial charge in [-0.3, -0.25) is 14.6 Å². The largest absolute Gasteiger partial charge is 0.350 e. The van der Waals surface area contributed by atoms with Crippen molar-refractivity contribution in [2.45, 2.75) is 32.7 Å². The maximum atomic E-state index is 12.7. The van der Waals surface area contributed by atoms with Gasteiger partial charge < -0.3 is 10.2 Å². The van der Waals surface area contributed by atoms with Crippen LogP contribution in [0, 0.1) is 6.92 Å². The molecule has 2 aromatic rings. The van der Waals surface area contributed by atoms with E-state index in [4.69, 9.17) is 0 Å². The number of nitrogens with zero attached hydrogens (tertiary/aromatic N) is 2. The number of carbonyl (C=O) groups is 2. The Labute approximate surface area is 141 Å². The molecule has 0 radical (unpaired) electrons. The number of hydrogen-bond acceptors (Lipinski definition) is 3. The fourth-order valence-electron chi connectivity index (χ4n) is 3.01. The molecule has 24 heavy (non-hydrogen) atoms. The second kappa shape index (κ2) is 6.07. The first-order valence-electron chi connectivity index (χ1n) is 7.98. The van der Waals surface area contributed by atoms with Crippen molar-refractivity contribution in [2.24, 2.45) is 0 Å². The third-order valence-electron chi connectivity index (χ3n) is 4.41. The summed E-state index contributed by atoms with van der Waals surface area (Å²) in [4.78, 5) is 30.6. The monoisotopic (exact) mass is 323 g/mol. The molecule has 5 nitrogen and oxygen atoms in total. The van der Waals surface area contributed by atoms with Gasteiger partial charge in [0.1, 0.15) is 6.54 Å². The summed E-state index contributed by atoms with van der Waals surface area (Å²) in [6.07, 6.45) is 3.40. The summed E-state index contributed by atoms with van der Waals surface area (Å²) >= 11 is 0. The van der Waals surface area contributed by atoms with E-state index in [1.165, 1.54) is 0 Å². The molecule has 1 aliphatic rings. The first-order chi connectivity index (χ1) is 11.4. The van der Waals surface area contributed by atoms with Gasteiger partial charge in [-0.05, 0) is 44.0 Å². The van der Waals surface area contributed by atoms with E-state index >= 15 is 0 Å². The molecule has 0 aliphatic carbocycles. The van der Waals surface area contributed by atoms with E-state index in [1.54, 1.807) is 17.3 Å². The molecule has 1 aromatic carbocycles. The Morgan fingerprint density at radius 2 is 2.08 bits per heavy atom. The molecular weight excluding hydrogens is 302 g/mol. The molecule has 1 N–H and O–H groups in total. The van der Waals surface area contributed by atoms with Crippen LogP contribution in [0.1, 0.15) is 30.5 Å². The lowest BCUT2D eigenvalue weighted by atomic mass is 9.85. The molecule has 3 rings (SSSR count). The van der Waals surface area contributed by atoms with Gasteiger partial charge in [-0.15, -0.1) is 0 Å². The van der Waals surface area contributed by atoms with Gasteiger partial charge in [-0.25, -0.2) is 0 Å². The van der Waals surface area contributed by atoms with Crippen molar-refractivity contribution in [3.05, 3.63) is 59.4 Å². The summed E-state index contributed by atoms with van der Waals surface area (Å²) in [6.45, 7) is 6.24. The average Bonchev–Trinajstić information content (AvgIpc) is 2.75. The van der Waals surface area contributed by atoms with Gasteiger partial charge >= 0.3 is 0 Å². The van der Waals surface area contributed by atoms with E-state index in [0.29, 0.717) is 6.54 Å². The van der Waals surface area contributed by atoms with E-state index in [2.05, 4.69) is 10.3 Å². The molecule has 0 spiro atoms. The second-order valence-electron chi connectivity index (χ2n) is 6.67. The minimum atomic E-state index is -0.606. The quantitative estimate of drug-likeness (QED) is 0.939. The van der Waals surface area contributed by atoms with Gasteiger partial charge in [0, 0.05) is 24.6 Å². The molecule has 0 saturated carbocycles. The molecule has 0 unspecified atom stereocenters. The van der Waals surface area contributed by atoms with E-state index in [-0.39, 0.29) is 18.4 Å². The van der Waals surface area contributed by atoms with Crippen LogP contribution in [0.25, 0.3) is 0 Å². The number of fused-ring (bicyclic) bond motifs is 1. The Balaban J connectivity index is 1.73. The summed E-state index contributed by atoms with van der Waals surface area (Å²) in [5.41, 5.74) is 3.23. The smallest absolute Gasteiger partial charge is 0.240 e. The summed E-state index contributed by atoms with van der Waals surface area (Å²) in [6, 6.07) is 9.64. The first kappa shape index (κ1) is 16.2. The topological polar surface area (TPSA) is 62.3 Å². The Morgan fingerprint density at radius 3 is 2.79 bits per heavy atom. The molecule has 0 saturated heterocycles. The first-order valence-corrected chi connectivity index (χ1v) is 7.98. The molecule has 5 heteroatoms. The number of aromatic nitrogens is 1. The van der Waals surface area contributed by atoms with E-state index in [0.717, 1.165) is 22.4 Å². The predicted octanol–water partition coefficient (Wildman–Crippen LogP) is 2.33. The summed E-state index contributed by atoms with van der Waals surface area (Å²) in [7, 11) is 0. The Morgan fingerprint density at radius 1 is 1.29 bits per heavy atom. The van der Waals surface area contributed by atoms with Crippen LogP contribution in [-0.4, -0.2) is 23.3 Å². The van der Waals surface area contributed by atoms with Crippen LogP contribution in [0.3, 0.4) is 0 Å². The highest BCUT2D eigenvalue weighted by atomic mass is 16.2. The van der Waals surface area contributed by atoms with Gasteiger partial charge in [0.15, 0.2) is 0 Å². The number of amides is 2. The van der Waals surface area contributed by atoms with E-state index in [1.807, 2.05) is 51.1 Å². The van der Waals surface area contributed by atoms with Crippen molar-refractivity contribution < 1.29 is 9.59 Å². The number of pyridine rings is 1. The van der Waals surface area contributed by atoms with Crippen LogP contribution in [0.15, 0.2) is 42.7 Å². The maximum Gasteiger partial charge on any atom is 0.240 e. The molecule has 1 aromatic heterocycles. The van der Waals surface area contributed by atoms with Crippen molar-refractivity contribution in [1.29, 1.82) is 0 Å². The van der Waals surface area contributed by atoms with Crippen LogP contribution in [0.4, 0.5) is 5.69 Å². The highest BCUT2D eigenvalue weighted by Gasteiger charge is 2.44. The molecule has 2 amide bonds. The predicted molar refractivity (Wildman–Crippen MR) is 92.6 cm³/mol. The average molecular weight is 323 g/mol. The Hall–Kier alpha value is -2.69. The van der Waals surface area contributed by atoms with Crippen molar-refractivity contribution in [3.8, 4) is 0 Å². The minimum absolute atomic E-state index is 0.0264. The zero-order valence-corrected chi connectivity index (χ0v) is 14.2. The second-order valence-corrected chi connectivity index (χ2v) is 6.67. The number of carbonyl (C=O) groups excluding carboxylic acids is 2. The normalized spacial score (nSPS) is 15.3. The molecule has 1 aliphatic heterocycles. The van der Waals surface area contributed by atoms with Crippen molar-refractivity contribution >= 4 is 17.5 Å². The fraction of sp³-hybridized carbons (Fsp3) is 0.316. The van der Waals surface area contributed by atoms with Crippen LogP contribution < -0.4 is 10.2 Å². The van der Waals surface area contributed by atoms with Gasteiger partial charge in [0.05, 0.1) is 5.41 Å². The molecule has 124 valence electrons. The molecular formula is C19H21N3O2. The zero-order valence-electron chi connectivity index (χ0n) is 14.2. The Kier molecular flexibility index (Phi) is 4.09. The fourth-order valence-corrected chi connectivity index (χ4v) is 3.01. The SMILES string of the molecule is Cc1ccc2c(c1)C(C)(C)C(=O)N2CC(=O)NCc1cccnc1. The third-order valence-corrected chi connectivity index (χ3v) is 4.41. The van der Waals surface area contributed by atoms with E-state index in [9.17, 15) is 9.59 Å². The van der Waals surface area contributed by atoms with Crippen molar-refractivity contribution in [1.82, 2.24) is 10.3 Å². The number of hydrogen-bond donors (Lipinski definition) is 1. The van der Waals surface area contributed by atoms with Gasteiger partial charge in [-0.1, -0.05) is 23.8 Å². The third kappa shape index (κ3) is 2.89. The van der Waals surface area contributed by atoms with Crippen molar-refractivity contribution in [2.75, 3.05) is 11.4 Å². The lowest BCUT2D eigenvalue weighted by Crippen LogP contribution is -2.42. The van der Waals surface area contributed by atoms with Gasteiger partial charge in [0.25, 0.3) is 0 Å². The lowest BCUT2D eigenvalue weighted by molar-refractivity contribution is -0.125. The number of aryl methyl sites for hydroxylation is 1.